The first-order valence-corrected chi connectivity index (χ1v) is 5.57. The van der Waals surface area contributed by atoms with E-state index >= 15 is 0 Å². The third-order valence-electron chi connectivity index (χ3n) is 2.42. The van der Waals surface area contributed by atoms with Gasteiger partial charge in [-0.3, -0.25) is 4.99 Å². The molecule has 1 aromatic rings. The molecule has 0 aromatic heterocycles. The fourth-order valence-corrected chi connectivity index (χ4v) is 2.77. The van der Waals surface area contributed by atoms with Gasteiger partial charge in [-0.2, -0.15) is 0 Å². The summed E-state index contributed by atoms with van der Waals surface area (Å²) in [4.78, 5) is 6.99. The van der Waals surface area contributed by atoms with Crippen LogP contribution in [0.2, 0.25) is 0 Å². The van der Waals surface area contributed by atoms with Crippen molar-refractivity contribution in [3.63, 3.8) is 0 Å². The van der Waals surface area contributed by atoms with Crippen LogP contribution in [0.15, 0.2) is 29.3 Å². The van der Waals surface area contributed by atoms with Crippen LogP contribution in [-0.4, -0.2) is 22.7 Å². The van der Waals surface area contributed by atoms with Crippen LogP contribution in [0.3, 0.4) is 0 Å². The van der Waals surface area contributed by atoms with Gasteiger partial charge in [-0.1, -0.05) is 18.2 Å². The summed E-state index contributed by atoms with van der Waals surface area (Å²) in [7, 11) is 0. The van der Waals surface area contributed by atoms with E-state index < -0.39 is 0 Å². The van der Waals surface area contributed by atoms with E-state index in [0.29, 0.717) is 6.17 Å². The monoisotopic (exact) mass is 190 g/mol. The van der Waals surface area contributed by atoms with Gasteiger partial charge in [0.15, 0.2) is 0 Å². The largest absolute Gasteiger partial charge is 0.345 e. The molecule has 1 unspecified atom stereocenters. The zero-order valence-corrected chi connectivity index (χ0v) is 8.00. The lowest BCUT2D eigenvalue weighted by molar-refractivity contribution is 0.393. The van der Waals surface area contributed by atoms with Gasteiger partial charge in [0.25, 0.3) is 0 Å². The van der Waals surface area contributed by atoms with E-state index in [9.17, 15) is 0 Å². The minimum Gasteiger partial charge on any atom is -0.345 e. The Hall–Kier alpha value is -0.960. The van der Waals surface area contributed by atoms with Gasteiger partial charge in [0.2, 0.25) is 0 Å². The van der Waals surface area contributed by atoms with Crippen molar-refractivity contribution in [1.82, 2.24) is 4.90 Å². The first-order chi connectivity index (χ1) is 6.43. The summed E-state index contributed by atoms with van der Waals surface area (Å²) >= 11 is 1.95. The van der Waals surface area contributed by atoms with Crippen LogP contribution in [0.1, 0.15) is 0 Å². The summed E-state index contributed by atoms with van der Waals surface area (Å²) in [6.07, 6.45) is 2.62. The molecular weight excluding hydrogens is 180 g/mol. The fraction of sp³-hybridized carbons (Fsp3) is 0.300. The first-order valence-electron chi connectivity index (χ1n) is 4.42. The normalized spacial score (nSPS) is 24.3. The van der Waals surface area contributed by atoms with Crippen molar-refractivity contribution < 1.29 is 0 Å². The Bertz CT molecular complexity index is 399. The predicted octanol–water partition coefficient (Wildman–Crippen LogP) is 0.390. The van der Waals surface area contributed by atoms with Gasteiger partial charge in [0.1, 0.15) is 6.17 Å². The maximum atomic E-state index is 4.68. The lowest BCUT2D eigenvalue weighted by Gasteiger charge is -2.20. The summed E-state index contributed by atoms with van der Waals surface area (Å²) in [6.45, 7) is 0. The van der Waals surface area contributed by atoms with Gasteiger partial charge < -0.3 is 4.90 Å². The lowest BCUT2D eigenvalue weighted by Crippen LogP contribution is -2.39. The summed E-state index contributed by atoms with van der Waals surface area (Å²) in [6, 6.07) is 8.33. The summed E-state index contributed by atoms with van der Waals surface area (Å²) < 4.78 is 0. The predicted molar refractivity (Wildman–Crippen MR) is 54.6 cm³/mol. The molecule has 0 N–H and O–H groups in total. The number of rotatable bonds is 0. The highest BCUT2D eigenvalue weighted by molar-refractivity contribution is 7.99. The van der Waals surface area contributed by atoms with Gasteiger partial charge in [0.05, 0.1) is 11.2 Å². The van der Waals surface area contributed by atoms with Gasteiger partial charge in [-0.05, 0) is 6.07 Å². The van der Waals surface area contributed by atoms with Crippen molar-refractivity contribution in [2.45, 2.75) is 6.17 Å². The topological polar surface area (TPSA) is 15.6 Å². The number of fused-ring (bicyclic) bond motifs is 2. The fourth-order valence-electron chi connectivity index (χ4n) is 1.73. The molecule has 2 nitrogen and oxygen atoms in total. The van der Waals surface area contributed by atoms with Crippen molar-refractivity contribution in [3.8, 4) is 0 Å². The van der Waals surface area contributed by atoms with E-state index in [1.54, 1.807) is 0 Å². The zero-order chi connectivity index (χ0) is 8.67. The average molecular weight is 190 g/mol. The van der Waals surface area contributed by atoms with E-state index in [2.05, 4.69) is 34.3 Å². The summed E-state index contributed by atoms with van der Waals surface area (Å²) in [5.74, 6) is 2.22. The highest BCUT2D eigenvalue weighted by atomic mass is 32.2. The SMILES string of the molecule is C1=c2ccccc2=NC2CSCN12. The molecule has 1 aromatic carbocycles. The highest BCUT2D eigenvalue weighted by Crippen LogP contribution is 2.21. The minimum absolute atomic E-state index is 0.389. The molecule has 2 aliphatic rings. The highest BCUT2D eigenvalue weighted by Gasteiger charge is 2.22. The molecule has 0 aliphatic carbocycles. The van der Waals surface area contributed by atoms with E-state index in [4.69, 9.17) is 0 Å². The lowest BCUT2D eigenvalue weighted by atomic mass is 10.2. The van der Waals surface area contributed by atoms with Crippen molar-refractivity contribution >= 4 is 18.0 Å². The number of para-hydroxylation sites is 1. The second kappa shape index (κ2) is 2.77. The molecule has 0 spiro atoms. The molecule has 0 radical (unpaired) electrons. The summed E-state index contributed by atoms with van der Waals surface area (Å²) in [5.41, 5.74) is 0. The van der Waals surface area contributed by atoms with E-state index in [1.165, 1.54) is 5.22 Å². The molecule has 0 saturated carbocycles. The summed E-state index contributed by atoms with van der Waals surface area (Å²) in [5, 5.41) is 2.40. The van der Waals surface area contributed by atoms with Gasteiger partial charge in [0, 0.05) is 17.2 Å². The Labute approximate surface area is 81.0 Å². The Balaban J connectivity index is 2.24. The van der Waals surface area contributed by atoms with E-state index in [-0.39, 0.29) is 0 Å². The van der Waals surface area contributed by atoms with E-state index in [0.717, 1.165) is 17.0 Å². The molecule has 0 bridgehead atoms. The van der Waals surface area contributed by atoms with E-state index in [1.807, 2.05) is 17.8 Å². The molecule has 13 heavy (non-hydrogen) atoms. The second-order valence-electron chi connectivity index (χ2n) is 3.31. The van der Waals surface area contributed by atoms with Crippen LogP contribution < -0.4 is 10.6 Å². The number of nitrogens with zero attached hydrogens (tertiary/aromatic N) is 2. The van der Waals surface area contributed by atoms with Gasteiger partial charge >= 0.3 is 0 Å². The molecule has 1 fully saturated rings. The molecular formula is C10H10N2S. The number of hydrogen-bond donors (Lipinski definition) is 0. The molecule has 0 amide bonds. The Morgan fingerprint density at radius 3 is 3.31 bits per heavy atom. The van der Waals surface area contributed by atoms with Crippen LogP contribution >= 0.6 is 11.8 Å². The molecule has 1 saturated heterocycles. The maximum absolute atomic E-state index is 4.68. The smallest absolute Gasteiger partial charge is 0.131 e. The van der Waals surface area contributed by atoms with Crippen molar-refractivity contribution in [2.75, 3.05) is 11.6 Å². The molecule has 1 atom stereocenters. The Morgan fingerprint density at radius 2 is 2.31 bits per heavy atom. The van der Waals surface area contributed by atoms with Crippen molar-refractivity contribution in [2.24, 2.45) is 4.99 Å². The van der Waals surface area contributed by atoms with Gasteiger partial charge in [-0.15, -0.1) is 11.8 Å². The quantitative estimate of drug-likeness (QED) is 0.588. The van der Waals surface area contributed by atoms with Crippen molar-refractivity contribution in [3.05, 3.63) is 34.8 Å². The Morgan fingerprint density at radius 1 is 1.38 bits per heavy atom. The van der Waals surface area contributed by atoms with Crippen LogP contribution in [0.4, 0.5) is 0 Å². The maximum Gasteiger partial charge on any atom is 0.131 e. The van der Waals surface area contributed by atoms with Crippen LogP contribution in [0, 0.1) is 0 Å². The standard InChI is InChI=1S/C10H10N2S/c1-2-4-9-8(3-1)5-12-7-13-6-10(12)11-9/h1-5,10H,6-7H2. The molecule has 3 rings (SSSR count). The zero-order valence-electron chi connectivity index (χ0n) is 7.18. The minimum atomic E-state index is 0.389. The first kappa shape index (κ1) is 7.44. The molecule has 2 heterocycles. The third-order valence-corrected chi connectivity index (χ3v) is 3.43. The molecule has 2 aliphatic heterocycles. The molecule has 3 heteroatoms. The second-order valence-corrected chi connectivity index (χ2v) is 4.31. The van der Waals surface area contributed by atoms with Crippen molar-refractivity contribution in [1.29, 1.82) is 0 Å². The third kappa shape index (κ3) is 1.15. The van der Waals surface area contributed by atoms with Crippen LogP contribution in [0.25, 0.3) is 6.20 Å². The number of benzene rings is 1. The number of thioether (sulfide) groups is 1. The molecule has 66 valence electrons. The van der Waals surface area contributed by atoms with Crippen LogP contribution in [-0.2, 0) is 0 Å². The number of hydrogen-bond acceptors (Lipinski definition) is 3. The van der Waals surface area contributed by atoms with Crippen LogP contribution in [0.5, 0.6) is 0 Å². The Kier molecular flexibility index (Phi) is 1.59. The average Bonchev–Trinajstić information content (AvgIpc) is 2.61. The van der Waals surface area contributed by atoms with Gasteiger partial charge in [-0.25, -0.2) is 0 Å².